The fourth-order valence-electron chi connectivity index (χ4n) is 3.90. The Bertz CT molecular complexity index is 601. The van der Waals surface area contributed by atoms with Gasteiger partial charge in [0.2, 0.25) is 0 Å². The van der Waals surface area contributed by atoms with Crippen LogP contribution in [0.2, 0.25) is 0 Å². The predicted molar refractivity (Wildman–Crippen MR) is 129 cm³/mol. The molecule has 32 heavy (non-hydrogen) atoms. The largest absolute Gasteiger partial charge is 0.481 e. The molecule has 0 aliphatic carbocycles. The van der Waals surface area contributed by atoms with Crippen LogP contribution in [-0.2, 0) is 25.7 Å². The molecule has 1 aromatic rings. The summed E-state index contributed by atoms with van der Waals surface area (Å²) in [5.74, 6) is -0.926. The molecular formula is C27H44O5. The van der Waals surface area contributed by atoms with Crippen LogP contribution in [0.4, 0.5) is 0 Å². The summed E-state index contributed by atoms with van der Waals surface area (Å²) in [5, 5.41) is 8.61. The molecular weight excluding hydrogens is 404 g/mol. The van der Waals surface area contributed by atoms with Crippen LogP contribution in [0.1, 0.15) is 109 Å². The lowest BCUT2D eigenvalue weighted by molar-refractivity contribution is -0.155. The smallest absolute Gasteiger partial charge is 0.303 e. The van der Waals surface area contributed by atoms with Gasteiger partial charge in [-0.2, -0.15) is 0 Å². The van der Waals surface area contributed by atoms with Crippen molar-refractivity contribution in [1.29, 1.82) is 0 Å². The van der Waals surface area contributed by atoms with E-state index in [1.807, 2.05) is 37.3 Å². The first-order chi connectivity index (χ1) is 15.5. The summed E-state index contributed by atoms with van der Waals surface area (Å²) in [5.41, 5.74) is 1.12. The summed E-state index contributed by atoms with van der Waals surface area (Å²) in [6, 6.07) is 10.1. The molecule has 0 bridgehead atoms. The Hall–Kier alpha value is -1.88. The number of hydrogen-bond acceptors (Lipinski definition) is 4. The van der Waals surface area contributed by atoms with Gasteiger partial charge in [-0.1, -0.05) is 94.5 Å². The molecule has 0 fully saturated rings. The van der Waals surface area contributed by atoms with Crippen LogP contribution in [-0.4, -0.2) is 29.3 Å². The number of aliphatic carboxylic acids is 1. The van der Waals surface area contributed by atoms with Crippen LogP contribution in [0, 0.1) is 0 Å². The van der Waals surface area contributed by atoms with Crippen LogP contribution in [0.5, 0.6) is 0 Å². The van der Waals surface area contributed by atoms with Gasteiger partial charge in [-0.05, 0) is 31.7 Å². The average molecular weight is 449 g/mol. The number of carboxylic acids is 1. The van der Waals surface area contributed by atoms with Crippen molar-refractivity contribution in [2.24, 2.45) is 0 Å². The normalized spacial score (nSPS) is 12.9. The molecule has 0 radical (unpaired) electrons. The molecule has 2 atom stereocenters. The SMILES string of the molecule is CC(=O)OC(CCCCCCCCCCCCCCC(=O)O)C(C)OCc1ccccc1. The minimum Gasteiger partial charge on any atom is -0.481 e. The first kappa shape index (κ1) is 28.2. The van der Waals surface area contributed by atoms with Gasteiger partial charge < -0.3 is 14.6 Å². The molecule has 2 unspecified atom stereocenters. The van der Waals surface area contributed by atoms with Crippen LogP contribution < -0.4 is 0 Å². The maximum Gasteiger partial charge on any atom is 0.303 e. The summed E-state index contributed by atoms with van der Waals surface area (Å²) in [7, 11) is 0. The highest BCUT2D eigenvalue weighted by Gasteiger charge is 2.20. The Labute approximate surface area is 194 Å². The number of ether oxygens (including phenoxy) is 2. The van der Waals surface area contributed by atoms with Gasteiger partial charge in [0.15, 0.2) is 0 Å². The molecule has 0 heterocycles. The van der Waals surface area contributed by atoms with Crippen molar-refractivity contribution in [3.8, 4) is 0 Å². The molecule has 0 saturated heterocycles. The average Bonchev–Trinajstić information content (AvgIpc) is 2.77. The number of carbonyl (C=O) groups excluding carboxylic acids is 1. The predicted octanol–water partition coefficient (Wildman–Crippen LogP) is 7.07. The minimum atomic E-state index is -0.683. The number of carbonyl (C=O) groups is 2. The van der Waals surface area contributed by atoms with E-state index >= 15 is 0 Å². The van der Waals surface area contributed by atoms with Crippen LogP contribution in [0.3, 0.4) is 0 Å². The standard InChI is InChI=1S/C27H44O5/c1-23(31-22-25-18-14-13-15-19-25)26(32-24(2)28)20-16-11-9-7-5-3-4-6-8-10-12-17-21-27(29)30/h13-15,18-19,23,26H,3-12,16-17,20-22H2,1-2H3,(H,29,30). The van der Waals surface area contributed by atoms with Gasteiger partial charge in [-0.15, -0.1) is 0 Å². The number of rotatable bonds is 20. The Balaban J connectivity index is 2.04. The Morgan fingerprint density at radius 3 is 1.81 bits per heavy atom. The van der Waals surface area contributed by atoms with Crippen molar-refractivity contribution < 1.29 is 24.2 Å². The fourth-order valence-corrected chi connectivity index (χ4v) is 3.90. The van der Waals surface area contributed by atoms with Gasteiger partial charge in [0.1, 0.15) is 6.10 Å². The van der Waals surface area contributed by atoms with E-state index in [4.69, 9.17) is 14.6 Å². The van der Waals surface area contributed by atoms with Crippen molar-refractivity contribution in [2.75, 3.05) is 0 Å². The lowest BCUT2D eigenvalue weighted by Crippen LogP contribution is -2.30. The van der Waals surface area contributed by atoms with Crippen LogP contribution in [0.25, 0.3) is 0 Å². The Morgan fingerprint density at radius 2 is 1.31 bits per heavy atom. The van der Waals surface area contributed by atoms with Crippen molar-refractivity contribution in [2.45, 2.75) is 123 Å². The highest BCUT2D eigenvalue weighted by molar-refractivity contribution is 5.66. The van der Waals surface area contributed by atoms with E-state index in [9.17, 15) is 9.59 Å². The zero-order valence-electron chi connectivity index (χ0n) is 20.2. The van der Waals surface area contributed by atoms with E-state index in [-0.39, 0.29) is 18.2 Å². The third-order valence-electron chi connectivity index (χ3n) is 5.83. The third kappa shape index (κ3) is 15.9. The highest BCUT2D eigenvalue weighted by atomic mass is 16.6. The molecule has 5 heteroatoms. The zero-order valence-corrected chi connectivity index (χ0v) is 20.2. The fraction of sp³-hybridized carbons (Fsp3) is 0.704. The topological polar surface area (TPSA) is 72.8 Å². The van der Waals surface area contributed by atoms with E-state index in [2.05, 4.69) is 0 Å². The van der Waals surface area contributed by atoms with Crippen molar-refractivity contribution in [3.05, 3.63) is 35.9 Å². The lowest BCUT2D eigenvalue weighted by Gasteiger charge is -2.24. The number of carboxylic acid groups (broad SMARTS) is 1. The molecule has 1 rings (SSSR count). The second-order valence-electron chi connectivity index (χ2n) is 8.82. The first-order valence-corrected chi connectivity index (χ1v) is 12.5. The monoisotopic (exact) mass is 448 g/mol. The van der Waals surface area contributed by atoms with Crippen LogP contribution in [0.15, 0.2) is 30.3 Å². The second kappa shape index (κ2) is 18.7. The lowest BCUT2D eigenvalue weighted by atomic mass is 10.0. The summed E-state index contributed by atoms with van der Waals surface area (Å²) in [6.07, 6.45) is 14.9. The van der Waals surface area contributed by atoms with Crippen LogP contribution >= 0.6 is 0 Å². The van der Waals surface area contributed by atoms with Crippen molar-refractivity contribution in [1.82, 2.24) is 0 Å². The summed E-state index contributed by atoms with van der Waals surface area (Å²) < 4.78 is 11.5. The van der Waals surface area contributed by atoms with Crippen molar-refractivity contribution >= 4 is 11.9 Å². The molecule has 0 saturated carbocycles. The van der Waals surface area contributed by atoms with Crippen molar-refractivity contribution in [3.63, 3.8) is 0 Å². The van der Waals surface area contributed by atoms with Gasteiger partial charge in [0.25, 0.3) is 0 Å². The Kier molecular flexibility index (Phi) is 16.4. The zero-order chi connectivity index (χ0) is 23.4. The molecule has 1 aromatic carbocycles. The maximum absolute atomic E-state index is 11.5. The molecule has 1 N–H and O–H groups in total. The van der Waals surface area contributed by atoms with Gasteiger partial charge in [0, 0.05) is 13.3 Å². The van der Waals surface area contributed by atoms with E-state index < -0.39 is 5.97 Å². The van der Waals surface area contributed by atoms with Gasteiger partial charge in [-0.3, -0.25) is 9.59 Å². The quantitative estimate of drug-likeness (QED) is 0.171. The summed E-state index contributed by atoms with van der Waals surface area (Å²) in [4.78, 5) is 21.9. The first-order valence-electron chi connectivity index (χ1n) is 12.5. The second-order valence-corrected chi connectivity index (χ2v) is 8.82. The number of hydrogen-bond donors (Lipinski definition) is 1. The van der Waals surface area contributed by atoms with Gasteiger partial charge >= 0.3 is 11.9 Å². The molecule has 0 spiro atoms. The van der Waals surface area contributed by atoms with E-state index in [1.165, 1.54) is 51.9 Å². The summed E-state index contributed by atoms with van der Waals surface area (Å²) in [6.45, 7) is 3.98. The Morgan fingerprint density at radius 1 is 0.812 bits per heavy atom. The van der Waals surface area contributed by atoms with E-state index in [0.717, 1.165) is 44.1 Å². The molecule has 182 valence electrons. The molecule has 0 aromatic heterocycles. The third-order valence-corrected chi connectivity index (χ3v) is 5.83. The highest BCUT2D eigenvalue weighted by Crippen LogP contribution is 2.17. The molecule has 0 aliphatic heterocycles. The van der Waals surface area contributed by atoms with Gasteiger partial charge in [-0.25, -0.2) is 0 Å². The maximum atomic E-state index is 11.5. The van der Waals surface area contributed by atoms with E-state index in [0.29, 0.717) is 13.0 Å². The van der Waals surface area contributed by atoms with Gasteiger partial charge in [0.05, 0.1) is 12.7 Å². The summed E-state index contributed by atoms with van der Waals surface area (Å²) >= 11 is 0. The number of benzene rings is 1. The molecule has 0 amide bonds. The number of esters is 1. The molecule has 5 nitrogen and oxygen atoms in total. The number of unbranched alkanes of at least 4 members (excludes halogenated alkanes) is 11. The minimum absolute atomic E-state index is 0.122. The van der Waals surface area contributed by atoms with E-state index in [1.54, 1.807) is 0 Å². The molecule has 0 aliphatic rings.